The molecule has 1 fully saturated rings. The van der Waals surface area contributed by atoms with Crippen molar-refractivity contribution in [2.75, 3.05) is 51.1 Å². The molecule has 2 aromatic rings. The van der Waals surface area contributed by atoms with Gasteiger partial charge in [-0.3, -0.25) is 14.5 Å². The molecule has 1 saturated heterocycles. The molecule has 0 atom stereocenters. The summed E-state index contributed by atoms with van der Waals surface area (Å²) in [5.74, 6) is -0.351. The van der Waals surface area contributed by atoms with Gasteiger partial charge in [0.15, 0.2) is 0 Å². The first-order valence-electron chi connectivity index (χ1n) is 10.1. The topological polar surface area (TPSA) is 90.5 Å². The van der Waals surface area contributed by atoms with Crippen molar-refractivity contribution in [3.05, 3.63) is 39.3 Å². The third-order valence-electron chi connectivity index (χ3n) is 4.97. The van der Waals surface area contributed by atoms with Gasteiger partial charge in [0.1, 0.15) is 5.01 Å². The number of piperazine rings is 1. The summed E-state index contributed by atoms with van der Waals surface area (Å²) in [6, 6.07) is 6.90. The van der Waals surface area contributed by atoms with Gasteiger partial charge in [-0.25, -0.2) is 0 Å². The standard InChI is InChI=1S/C20H27ClN6O2S/c1-2-26-10-12-27(13-11-26)9-8-22-17(28)6-7-18-24-25-20(30-18)19(29)23-16-5-3-4-15(21)14-16/h3-5,14H,2,6-13H2,1H3,(H,22,28)(H,23,29). The van der Waals surface area contributed by atoms with Crippen molar-refractivity contribution < 1.29 is 9.59 Å². The average Bonchev–Trinajstić information content (AvgIpc) is 3.22. The highest BCUT2D eigenvalue weighted by Crippen LogP contribution is 2.17. The normalized spacial score (nSPS) is 15.1. The van der Waals surface area contributed by atoms with Gasteiger partial charge in [0.25, 0.3) is 5.91 Å². The number of anilines is 1. The van der Waals surface area contributed by atoms with Gasteiger partial charge in [-0.15, -0.1) is 10.2 Å². The lowest BCUT2D eigenvalue weighted by atomic mass is 10.3. The Morgan fingerprint density at radius 3 is 2.67 bits per heavy atom. The molecule has 0 saturated carbocycles. The SMILES string of the molecule is CCN1CCN(CCNC(=O)CCc2nnc(C(=O)Nc3cccc(Cl)c3)s2)CC1. The van der Waals surface area contributed by atoms with E-state index in [0.717, 1.165) is 39.3 Å². The van der Waals surface area contributed by atoms with Gasteiger partial charge >= 0.3 is 0 Å². The zero-order chi connectivity index (χ0) is 21.3. The Labute approximate surface area is 185 Å². The number of benzene rings is 1. The van der Waals surface area contributed by atoms with Crippen LogP contribution in [0.5, 0.6) is 0 Å². The maximum atomic E-state index is 12.3. The van der Waals surface area contributed by atoms with E-state index in [-0.39, 0.29) is 16.8 Å². The number of hydrogen-bond acceptors (Lipinski definition) is 7. The predicted octanol–water partition coefficient (Wildman–Crippen LogP) is 2.13. The van der Waals surface area contributed by atoms with Crippen molar-refractivity contribution in [3.8, 4) is 0 Å². The zero-order valence-corrected chi connectivity index (χ0v) is 18.6. The molecule has 2 heterocycles. The van der Waals surface area contributed by atoms with Crippen LogP contribution in [0.2, 0.25) is 5.02 Å². The first-order valence-corrected chi connectivity index (χ1v) is 11.3. The summed E-state index contributed by atoms with van der Waals surface area (Å²) in [5.41, 5.74) is 0.597. The maximum absolute atomic E-state index is 12.3. The van der Waals surface area contributed by atoms with E-state index in [1.165, 1.54) is 11.3 Å². The van der Waals surface area contributed by atoms with Gasteiger partial charge < -0.3 is 15.5 Å². The highest BCUT2D eigenvalue weighted by atomic mass is 35.5. The van der Waals surface area contributed by atoms with Gasteiger partial charge in [-0.1, -0.05) is 35.9 Å². The lowest BCUT2D eigenvalue weighted by molar-refractivity contribution is -0.121. The first kappa shape index (κ1) is 22.6. The minimum Gasteiger partial charge on any atom is -0.355 e. The molecule has 3 rings (SSSR count). The third kappa shape index (κ3) is 7.02. The van der Waals surface area contributed by atoms with Crippen LogP contribution in [0, 0.1) is 0 Å². The molecule has 2 N–H and O–H groups in total. The van der Waals surface area contributed by atoms with Crippen molar-refractivity contribution >= 4 is 40.4 Å². The van der Waals surface area contributed by atoms with E-state index in [1.807, 2.05) is 0 Å². The van der Waals surface area contributed by atoms with E-state index in [1.54, 1.807) is 24.3 Å². The molecule has 0 bridgehead atoms. The van der Waals surface area contributed by atoms with Crippen LogP contribution in [0.15, 0.2) is 24.3 Å². The van der Waals surface area contributed by atoms with Crippen LogP contribution in [0.1, 0.15) is 28.2 Å². The summed E-state index contributed by atoms with van der Waals surface area (Å²) in [4.78, 5) is 29.2. The summed E-state index contributed by atoms with van der Waals surface area (Å²) < 4.78 is 0. The molecule has 0 spiro atoms. The molecule has 0 radical (unpaired) electrons. The van der Waals surface area contributed by atoms with Crippen LogP contribution in [0.25, 0.3) is 0 Å². The molecule has 0 unspecified atom stereocenters. The fourth-order valence-electron chi connectivity index (χ4n) is 3.19. The Morgan fingerprint density at radius 1 is 1.17 bits per heavy atom. The van der Waals surface area contributed by atoms with Crippen molar-refractivity contribution in [2.45, 2.75) is 19.8 Å². The number of carbonyl (C=O) groups excluding carboxylic acids is 2. The second-order valence-electron chi connectivity index (χ2n) is 7.09. The van der Waals surface area contributed by atoms with Gasteiger partial charge in [0.05, 0.1) is 0 Å². The van der Waals surface area contributed by atoms with Crippen LogP contribution >= 0.6 is 22.9 Å². The third-order valence-corrected chi connectivity index (χ3v) is 6.19. The lowest BCUT2D eigenvalue weighted by Gasteiger charge is -2.33. The monoisotopic (exact) mass is 450 g/mol. The van der Waals surface area contributed by atoms with E-state index in [2.05, 4.69) is 37.6 Å². The Bertz CT molecular complexity index is 853. The van der Waals surface area contributed by atoms with E-state index >= 15 is 0 Å². The molecule has 1 aromatic heterocycles. The number of hydrogen-bond donors (Lipinski definition) is 2. The summed E-state index contributed by atoms with van der Waals surface area (Å²) in [6.07, 6.45) is 0.789. The highest BCUT2D eigenvalue weighted by Gasteiger charge is 2.16. The molecular formula is C20H27ClN6O2S. The quantitative estimate of drug-likeness (QED) is 0.608. The number of halogens is 1. The maximum Gasteiger partial charge on any atom is 0.286 e. The Kier molecular flexibility index (Phi) is 8.56. The summed E-state index contributed by atoms with van der Waals surface area (Å²) in [5, 5.41) is 15.1. The largest absolute Gasteiger partial charge is 0.355 e. The molecule has 1 aromatic carbocycles. The van der Waals surface area contributed by atoms with E-state index in [4.69, 9.17) is 11.6 Å². The second kappa shape index (κ2) is 11.4. The highest BCUT2D eigenvalue weighted by molar-refractivity contribution is 7.13. The van der Waals surface area contributed by atoms with Crippen molar-refractivity contribution in [2.24, 2.45) is 0 Å². The van der Waals surface area contributed by atoms with Crippen LogP contribution in [-0.4, -0.2) is 77.6 Å². The molecule has 0 aliphatic carbocycles. The van der Waals surface area contributed by atoms with E-state index in [9.17, 15) is 9.59 Å². The minimum atomic E-state index is -0.339. The smallest absolute Gasteiger partial charge is 0.286 e. The molecule has 30 heavy (non-hydrogen) atoms. The van der Waals surface area contributed by atoms with Crippen molar-refractivity contribution in [3.63, 3.8) is 0 Å². The number of rotatable bonds is 9. The van der Waals surface area contributed by atoms with Gasteiger partial charge in [0.2, 0.25) is 10.9 Å². The molecule has 1 aliphatic rings. The van der Waals surface area contributed by atoms with E-state index in [0.29, 0.717) is 35.1 Å². The molecule has 8 nitrogen and oxygen atoms in total. The van der Waals surface area contributed by atoms with E-state index < -0.39 is 0 Å². The molecule has 10 heteroatoms. The summed E-state index contributed by atoms with van der Waals surface area (Å²) in [6.45, 7) is 9.08. The van der Waals surface area contributed by atoms with Crippen LogP contribution in [0.4, 0.5) is 5.69 Å². The fourth-order valence-corrected chi connectivity index (χ4v) is 4.11. The second-order valence-corrected chi connectivity index (χ2v) is 8.59. The number of carbonyl (C=O) groups is 2. The van der Waals surface area contributed by atoms with Crippen LogP contribution < -0.4 is 10.6 Å². The van der Waals surface area contributed by atoms with Crippen molar-refractivity contribution in [1.82, 2.24) is 25.3 Å². The predicted molar refractivity (Wildman–Crippen MR) is 119 cm³/mol. The molecular weight excluding hydrogens is 424 g/mol. The summed E-state index contributed by atoms with van der Waals surface area (Å²) >= 11 is 7.12. The number of likely N-dealkylation sites (N-methyl/N-ethyl adjacent to an activating group) is 1. The summed E-state index contributed by atoms with van der Waals surface area (Å²) in [7, 11) is 0. The van der Waals surface area contributed by atoms with Crippen LogP contribution in [-0.2, 0) is 11.2 Å². The Hall–Kier alpha value is -2.07. The number of nitrogens with zero attached hydrogens (tertiary/aromatic N) is 4. The molecule has 162 valence electrons. The van der Waals surface area contributed by atoms with Gasteiger partial charge in [-0.05, 0) is 24.7 Å². The molecule has 2 amide bonds. The Balaban J connectivity index is 1.35. The van der Waals surface area contributed by atoms with Gasteiger partial charge in [-0.2, -0.15) is 0 Å². The number of aromatic nitrogens is 2. The fraction of sp³-hybridized carbons (Fsp3) is 0.500. The average molecular weight is 451 g/mol. The number of nitrogens with one attached hydrogen (secondary N) is 2. The number of amides is 2. The van der Waals surface area contributed by atoms with Crippen LogP contribution in [0.3, 0.4) is 0 Å². The Morgan fingerprint density at radius 2 is 1.93 bits per heavy atom. The number of aryl methyl sites for hydroxylation is 1. The molecule has 1 aliphatic heterocycles. The van der Waals surface area contributed by atoms with Crippen molar-refractivity contribution in [1.29, 1.82) is 0 Å². The first-order chi connectivity index (χ1) is 14.5. The lowest BCUT2D eigenvalue weighted by Crippen LogP contribution is -2.48. The zero-order valence-electron chi connectivity index (χ0n) is 17.1. The van der Waals surface area contributed by atoms with Gasteiger partial charge in [0, 0.05) is 62.8 Å². The minimum absolute atomic E-state index is 0.0117.